The molecule has 1 N–H and O–H groups in total. The molecule has 8 heteroatoms. The van der Waals surface area contributed by atoms with Gasteiger partial charge in [0, 0.05) is 18.1 Å². The van der Waals surface area contributed by atoms with Crippen molar-refractivity contribution in [1.29, 1.82) is 0 Å². The molecular weight excluding hydrogens is 506 g/mol. The van der Waals surface area contributed by atoms with Gasteiger partial charge in [-0.2, -0.15) is 0 Å². The van der Waals surface area contributed by atoms with Crippen LogP contribution in [0.2, 0.25) is 5.02 Å². The average Bonchev–Trinajstić information content (AvgIpc) is 2.88. The maximum Gasteiger partial charge on any atom is 0.264 e. The van der Waals surface area contributed by atoms with Crippen molar-refractivity contribution in [3.05, 3.63) is 94.0 Å². The first kappa shape index (κ1) is 27.2. The van der Waals surface area contributed by atoms with E-state index < -0.39 is 10.0 Å². The molecule has 1 fully saturated rings. The number of amides is 1. The molecule has 0 atom stereocenters. The first-order valence-electron chi connectivity index (χ1n) is 12.6. The molecule has 0 bridgehead atoms. The molecule has 1 saturated heterocycles. The van der Waals surface area contributed by atoms with Crippen LogP contribution in [0.3, 0.4) is 0 Å². The second-order valence-corrected chi connectivity index (χ2v) is 12.0. The molecule has 0 radical (unpaired) electrons. The quantitative estimate of drug-likeness (QED) is 0.392. The van der Waals surface area contributed by atoms with Gasteiger partial charge >= 0.3 is 0 Å². The van der Waals surface area contributed by atoms with E-state index in [2.05, 4.69) is 22.3 Å². The number of hydrogen-bond donors (Lipinski definition) is 1. The van der Waals surface area contributed by atoms with Crippen LogP contribution < -0.4 is 9.62 Å². The number of nitrogens with one attached hydrogen (secondary N) is 1. The van der Waals surface area contributed by atoms with Gasteiger partial charge in [-0.1, -0.05) is 60.0 Å². The molecule has 0 unspecified atom stereocenters. The normalized spacial score (nSPS) is 14.4. The summed E-state index contributed by atoms with van der Waals surface area (Å²) in [5.74, 6) is -0.387. The van der Waals surface area contributed by atoms with Gasteiger partial charge in [-0.05, 0) is 86.8 Å². The molecule has 196 valence electrons. The smallest absolute Gasteiger partial charge is 0.264 e. The molecule has 3 aromatic rings. The number of halogens is 1. The monoisotopic (exact) mass is 539 g/mol. The molecule has 6 nitrogen and oxygen atoms in total. The Hall–Kier alpha value is -2.87. The van der Waals surface area contributed by atoms with Gasteiger partial charge in [0.15, 0.2) is 0 Å². The Bertz CT molecular complexity index is 1320. The van der Waals surface area contributed by atoms with Crippen LogP contribution in [0.4, 0.5) is 5.69 Å². The minimum Gasteiger partial charge on any atom is -0.350 e. The first-order chi connectivity index (χ1) is 17.7. The topological polar surface area (TPSA) is 69.7 Å². The molecule has 0 spiro atoms. The van der Waals surface area contributed by atoms with Crippen molar-refractivity contribution in [2.75, 3.05) is 23.9 Å². The zero-order chi connectivity index (χ0) is 26.4. The minimum atomic E-state index is -3.98. The largest absolute Gasteiger partial charge is 0.350 e. The number of piperidine rings is 1. The van der Waals surface area contributed by atoms with Crippen molar-refractivity contribution in [2.24, 2.45) is 0 Å². The number of hydrogen-bond acceptors (Lipinski definition) is 4. The van der Waals surface area contributed by atoms with Crippen LogP contribution in [-0.2, 0) is 27.9 Å². The molecular formula is C29H34ClN3O3S. The summed E-state index contributed by atoms with van der Waals surface area (Å²) < 4.78 is 28.4. The predicted octanol–water partition coefficient (Wildman–Crippen LogP) is 5.45. The minimum absolute atomic E-state index is 0.129. The molecule has 37 heavy (non-hydrogen) atoms. The Kier molecular flexibility index (Phi) is 8.90. The van der Waals surface area contributed by atoms with Crippen LogP contribution in [0.15, 0.2) is 71.6 Å². The third-order valence-corrected chi connectivity index (χ3v) is 8.70. The number of aryl methyl sites for hydroxylation is 2. The average molecular weight is 540 g/mol. The van der Waals surface area contributed by atoms with Crippen molar-refractivity contribution >= 4 is 33.2 Å². The predicted molar refractivity (Wildman–Crippen MR) is 149 cm³/mol. The number of sulfonamides is 1. The lowest BCUT2D eigenvalue weighted by Gasteiger charge is -2.26. The van der Waals surface area contributed by atoms with E-state index in [4.69, 9.17) is 11.6 Å². The fourth-order valence-electron chi connectivity index (χ4n) is 4.56. The summed E-state index contributed by atoms with van der Waals surface area (Å²) in [6, 6.07) is 19.8. The summed E-state index contributed by atoms with van der Waals surface area (Å²) in [5.41, 5.74) is 4.26. The standard InChI is InChI=1S/C29H34ClN3O3S/c1-22-6-13-27(14-7-22)37(35,36)33(28-15-12-26(30)18-23(28)2)21-29(34)31-19-24-8-10-25(11-9-24)20-32-16-4-3-5-17-32/h6-15,18H,3-5,16-17,19-21H2,1-2H3,(H,31,34). The summed E-state index contributed by atoms with van der Waals surface area (Å²) in [6.45, 7) is 6.89. The molecule has 0 aliphatic carbocycles. The molecule has 1 aliphatic heterocycles. The number of benzene rings is 3. The number of carbonyl (C=O) groups excluding carboxylic acids is 1. The fraction of sp³-hybridized carbons (Fsp3) is 0.345. The number of nitrogens with zero attached hydrogens (tertiary/aromatic N) is 2. The van der Waals surface area contributed by atoms with Gasteiger partial charge in [0.1, 0.15) is 6.54 Å². The van der Waals surface area contributed by atoms with Crippen LogP contribution in [0, 0.1) is 13.8 Å². The van der Waals surface area contributed by atoms with Gasteiger partial charge in [0.05, 0.1) is 10.6 Å². The third-order valence-electron chi connectivity index (χ3n) is 6.69. The Morgan fingerprint density at radius 1 is 0.919 bits per heavy atom. The Morgan fingerprint density at radius 2 is 1.57 bits per heavy atom. The van der Waals surface area contributed by atoms with E-state index >= 15 is 0 Å². The highest BCUT2D eigenvalue weighted by Gasteiger charge is 2.28. The second-order valence-electron chi connectivity index (χ2n) is 9.69. The van der Waals surface area contributed by atoms with E-state index in [1.54, 1.807) is 49.4 Å². The van der Waals surface area contributed by atoms with Crippen LogP contribution in [0.25, 0.3) is 0 Å². The van der Waals surface area contributed by atoms with Crippen LogP contribution in [0.5, 0.6) is 0 Å². The molecule has 1 amide bonds. The molecule has 4 rings (SSSR count). The summed E-state index contributed by atoms with van der Waals surface area (Å²) >= 11 is 6.11. The van der Waals surface area contributed by atoms with E-state index in [0.717, 1.165) is 35.1 Å². The summed E-state index contributed by atoms with van der Waals surface area (Å²) in [5, 5.41) is 3.38. The van der Waals surface area contributed by atoms with Gasteiger partial charge in [-0.25, -0.2) is 8.42 Å². The second kappa shape index (κ2) is 12.1. The van der Waals surface area contributed by atoms with Gasteiger partial charge in [0.2, 0.25) is 5.91 Å². The Morgan fingerprint density at radius 3 is 2.22 bits per heavy atom. The SMILES string of the molecule is Cc1ccc(S(=O)(=O)N(CC(=O)NCc2ccc(CN3CCCCC3)cc2)c2ccc(Cl)cc2C)cc1. The van der Waals surface area contributed by atoms with E-state index in [1.165, 1.54) is 24.8 Å². The maximum absolute atomic E-state index is 13.6. The summed E-state index contributed by atoms with van der Waals surface area (Å²) in [4.78, 5) is 15.6. The van der Waals surface area contributed by atoms with Crippen LogP contribution >= 0.6 is 11.6 Å². The zero-order valence-electron chi connectivity index (χ0n) is 21.4. The van der Waals surface area contributed by atoms with E-state index in [-0.39, 0.29) is 17.3 Å². The van der Waals surface area contributed by atoms with Gasteiger partial charge in [-0.15, -0.1) is 0 Å². The molecule has 1 aliphatic rings. The lowest BCUT2D eigenvalue weighted by Crippen LogP contribution is -2.41. The first-order valence-corrected chi connectivity index (χ1v) is 14.5. The Labute approximate surface area is 225 Å². The summed E-state index contributed by atoms with van der Waals surface area (Å²) in [7, 11) is -3.98. The Balaban J connectivity index is 1.46. The molecule has 0 aromatic heterocycles. The number of rotatable bonds is 9. The number of carbonyl (C=O) groups is 1. The summed E-state index contributed by atoms with van der Waals surface area (Å²) in [6.07, 6.45) is 3.84. The lowest BCUT2D eigenvalue weighted by molar-refractivity contribution is -0.119. The molecule has 3 aromatic carbocycles. The number of likely N-dealkylation sites (tertiary alicyclic amines) is 1. The van der Waals surface area contributed by atoms with Gasteiger partial charge < -0.3 is 5.32 Å². The van der Waals surface area contributed by atoms with Crippen molar-refractivity contribution in [3.63, 3.8) is 0 Å². The maximum atomic E-state index is 13.6. The van der Waals surface area contributed by atoms with Crippen molar-refractivity contribution in [1.82, 2.24) is 10.2 Å². The zero-order valence-corrected chi connectivity index (χ0v) is 23.0. The highest BCUT2D eigenvalue weighted by Crippen LogP contribution is 2.29. The molecule has 1 heterocycles. The van der Waals surface area contributed by atoms with Crippen LogP contribution in [-0.4, -0.2) is 38.9 Å². The van der Waals surface area contributed by atoms with Gasteiger partial charge in [-0.3, -0.25) is 14.0 Å². The van der Waals surface area contributed by atoms with E-state index in [1.807, 2.05) is 19.1 Å². The van der Waals surface area contributed by atoms with E-state index in [9.17, 15) is 13.2 Å². The van der Waals surface area contributed by atoms with Gasteiger partial charge in [0.25, 0.3) is 10.0 Å². The highest BCUT2D eigenvalue weighted by atomic mass is 35.5. The van der Waals surface area contributed by atoms with Crippen molar-refractivity contribution in [2.45, 2.75) is 51.1 Å². The fourth-order valence-corrected chi connectivity index (χ4v) is 6.27. The van der Waals surface area contributed by atoms with E-state index in [0.29, 0.717) is 22.8 Å². The lowest BCUT2D eigenvalue weighted by atomic mass is 10.1. The number of anilines is 1. The van der Waals surface area contributed by atoms with Crippen molar-refractivity contribution in [3.8, 4) is 0 Å². The third kappa shape index (κ3) is 7.12. The van der Waals surface area contributed by atoms with Crippen molar-refractivity contribution < 1.29 is 13.2 Å². The highest BCUT2D eigenvalue weighted by molar-refractivity contribution is 7.92. The molecule has 0 saturated carbocycles. The van der Waals surface area contributed by atoms with Crippen LogP contribution in [0.1, 0.15) is 41.5 Å².